The van der Waals surface area contributed by atoms with Crippen LogP contribution in [0.15, 0.2) is 18.3 Å². The maximum Gasteiger partial charge on any atom is 0.270 e. The van der Waals surface area contributed by atoms with Gasteiger partial charge in [0.25, 0.3) is 5.91 Å². The van der Waals surface area contributed by atoms with Crippen LogP contribution in [0.5, 0.6) is 0 Å². The molecule has 0 bridgehead atoms. The Morgan fingerprint density at radius 1 is 1.42 bits per heavy atom. The summed E-state index contributed by atoms with van der Waals surface area (Å²) >= 11 is 0. The van der Waals surface area contributed by atoms with Crippen molar-refractivity contribution in [3.05, 3.63) is 24.0 Å². The molecule has 1 aromatic rings. The monoisotopic (exact) mass is 262 g/mol. The van der Waals surface area contributed by atoms with Crippen molar-refractivity contribution in [2.45, 2.75) is 32.2 Å². The molecule has 0 radical (unpaired) electrons. The summed E-state index contributed by atoms with van der Waals surface area (Å²) in [4.78, 5) is 18.4. The topological polar surface area (TPSA) is 71.2 Å². The lowest BCUT2D eigenvalue weighted by molar-refractivity contribution is 0.0920. The minimum atomic E-state index is -0.135. The number of hydrogen-bond acceptors (Lipinski definition) is 4. The van der Waals surface area contributed by atoms with Crippen molar-refractivity contribution >= 4 is 11.6 Å². The molecule has 5 heteroatoms. The van der Waals surface area contributed by atoms with E-state index < -0.39 is 0 Å². The first-order valence-corrected chi connectivity index (χ1v) is 6.90. The molecule has 2 rings (SSSR count). The van der Waals surface area contributed by atoms with Crippen LogP contribution in [0.3, 0.4) is 0 Å². The lowest BCUT2D eigenvalue weighted by atomic mass is 10.1. The van der Waals surface area contributed by atoms with Crippen LogP contribution in [0.1, 0.15) is 36.7 Å². The van der Waals surface area contributed by atoms with Gasteiger partial charge >= 0.3 is 0 Å². The molecule has 1 amide bonds. The minimum Gasteiger partial charge on any atom is -0.397 e. The number of nitrogens with two attached hydrogens (primary N) is 1. The summed E-state index contributed by atoms with van der Waals surface area (Å²) in [6.07, 6.45) is 5.36. The third-order valence-corrected chi connectivity index (χ3v) is 3.38. The van der Waals surface area contributed by atoms with Crippen molar-refractivity contribution < 1.29 is 4.79 Å². The van der Waals surface area contributed by atoms with Crippen LogP contribution in [-0.4, -0.2) is 41.5 Å². The molecule has 3 N–H and O–H groups in total. The second-order valence-electron chi connectivity index (χ2n) is 5.21. The number of aromatic nitrogens is 1. The molecule has 1 aliphatic heterocycles. The Kier molecular flexibility index (Phi) is 4.74. The maximum atomic E-state index is 12.0. The summed E-state index contributed by atoms with van der Waals surface area (Å²) < 4.78 is 0. The largest absolute Gasteiger partial charge is 0.397 e. The molecule has 19 heavy (non-hydrogen) atoms. The molecular formula is C14H22N4O. The third kappa shape index (κ3) is 4.21. The highest BCUT2D eigenvalue weighted by Gasteiger charge is 2.16. The van der Waals surface area contributed by atoms with Gasteiger partial charge in [0.05, 0.1) is 11.9 Å². The van der Waals surface area contributed by atoms with Crippen LogP contribution in [0.4, 0.5) is 5.69 Å². The molecule has 1 aliphatic rings. The molecule has 0 spiro atoms. The Labute approximate surface area is 114 Å². The van der Waals surface area contributed by atoms with E-state index in [2.05, 4.69) is 15.2 Å². The Morgan fingerprint density at radius 2 is 2.16 bits per heavy atom. The number of nitrogens with zero attached hydrogens (tertiary/aromatic N) is 2. The third-order valence-electron chi connectivity index (χ3n) is 3.38. The molecule has 0 aliphatic carbocycles. The van der Waals surface area contributed by atoms with E-state index in [0.717, 1.165) is 19.6 Å². The molecular weight excluding hydrogens is 240 g/mol. The molecule has 1 saturated heterocycles. The number of hydrogen-bond donors (Lipinski definition) is 2. The minimum absolute atomic E-state index is 0.130. The number of amides is 1. The Balaban J connectivity index is 1.82. The van der Waals surface area contributed by atoms with E-state index in [-0.39, 0.29) is 11.9 Å². The van der Waals surface area contributed by atoms with Crippen LogP contribution in [0.2, 0.25) is 0 Å². The number of carbonyl (C=O) groups is 1. The van der Waals surface area contributed by atoms with Gasteiger partial charge in [-0.25, -0.2) is 4.98 Å². The lowest BCUT2D eigenvalue weighted by Gasteiger charge is -2.29. The van der Waals surface area contributed by atoms with Crippen LogP contribution in [0, 0.1) is 0 Å². The maximum absolute atomic E-state index is 12.0. The normalized spacial score (nSPS) is 17.9. The molecule has 5 nitrogen and oxygen atoms in total. The zero-order chi connectivity index (χ0) is 13.7. The molecule has 1 atom stereocenters. The second kappa shape index (κ2) is 6.52. The Morgan fingerprint density at radius 3 is 2.79 bits per heavy atom. The van der Waals surface area contributed by atoms with Gasteiger partial charge in [-0.05, 0) is 45.0 Å². The average Bonchev–Trinajstić information content (AvgIpc) is 2.40. The number of likely N-dealkylation sites (tertiary alicyclic amines) is 1. The summed E-state index contributed by atoms with van der Waals surface area (Å²) in [6.45, 7) is 5.21. The standard InChI is InChI=1S/C14H22N4O/c1-11(10-18-7-3-2-4-8-18)17-14(19)13-6-5-12(15)9-16-13/h5-6,9,11H,2-4,7-8,10,15H2,1H3,(H,17,19)/t11-/m0/s1. The van der Waals surface area contributed by atoms with Gasteiger partial charge in [0.1, 0.15) is 5.69 Å². The van der Waals surface area contributed by atoms with Crippen molar-refractivity contribution in [3.63, 3.8) is 0 Å². The fourth-order valence-corrected chi connectivity index (χ4v) is 2.41. The van der Waals surface area contributed by atoms with Crippen LogP contribution < -0.4 is 11.1 Å². The van der Waals surface area contributed by atoms with Crippen molar-refractivity contribution in [1.82, 2.24) is 15.2 Å². The number of anilines is 1. The van der Waals surface area contributed by atoms with E-state index in [0.29, 0.717) is 11.4 Å². The smallest absolute Gasteiger partial charge is 0.270 e. The molecule has 0 aromatic carbocycles. The quantitative estimate of drug-likeness (QED) is 0.857. The predicted molar refractivity (Wildman–Crippen MR) is 75.9 cm³/mol. The van der Waals surface area contributed by atoms with E-state index in [1.807, 2.05) is 6.92 Å². The van der Waals surface area contributed by atoms with E-state index in [9.17, 15) is 4.79 Å². The fraction of sp³-hybridized carbons (Fsp3) is 0.571. The number of piperidine rings is 1. The molecule has 2 heterocycles. The highest BCUT2D eigenvalue weighted by Crippen LogP contribution is 2.09. The molecule has 1 aromatic heterocycles. The zero-order valence-electron chi connectivity index (χ0n) is 11.4. The number of nitrogen functional groups attached to an aromatic ring is 1. The van der Waals surface area contributed by atoms with E-state index in [1.54, 1.807) is 12.1 Å². The lowest BCUT2D eigenvalue weighted by Crippen LogP contribution is -2.43. The first-order chi connectivity index (χ1) is 9.15. The highest BCUT2D eigenvalue weighted by molar-refractivity contribution is 5.92. The van der Waals surface area contributed by atoms with Crippen LogP contribution in [-0.2, 0) is 0 Å². The predicted octanol–water partition coefficient (Wildman–Crippen LogP) is 1.27. The summed E-state index contributed by atoms with van der Waals surface area (Å²) in [7, 11) is 0. The Bertz CT molecular complexity index is 412. The van der Waals surface area contributed by atoms with Crippen molar-refractivity contribution in [2.24, 2.45) is 0 Å². The number of pyridine rings is 1. The first-order valence-electron chi connectivity index (χ1n) is 6.90. The average molecular weight is 262 g/mol. The summed E-state index contributed by atoms with van der Waals surface area (Å²) in [5.74, 6) is -0.135. The number of rotatable bonds is 4. The molecule has 104 valence electrons. The Hall–Kier alpha value is -1.62. The number of carbonyl (C=O) groups excluding carboxylic acids is 1. The van der Waals surface area contributed by atoms with Gasteiger partial charge in [-0.15, -0.1) is 0 Å². The summed E-state index contributed by atoms with van der Waals surface area (Å²) in [5, 5.41) is 2.98. The summed E-state index contributed by atoms with van der Waals surface area (Å²) in [5.41, 5.74) is 6.53. The van der Waals surface area contributed by atoms with Gasteiger partial charge < -0.3 is 16.0 Å². The van der Waals surface area contributed by atoms with E-state index in [4.69, 9.17) is 5.73 Å². The van der Waals surface area contributed by atoms with Gasteiger partial charge in [0.15, 0.2) is 0 Å². The van der Waals surface area contributed by atoms with Gasteiger partial charge in [-0.2, -0.15) is 0 Å². The molecule has 0 unspecified atom stereocenters. The van der Waals surface area contributed by atoms with Gasteiger partial charge in [0, 0.05) is 12.6 Å². The van der Waals surface area contributed by atoms with E-state index >= 15 is 0 Å². The fourth-order valence-electron chi connectivity index (χ4n) is 2.41. The second-order valence-corrected chi connectivity index (χ2v) is 5.21. The van der Waals surface area contributed by atoms with Crippen molar-refractivity contribution in [3.8, 4) is 0 Å². The molecule has 1 fully saturated rings. The van der Waals surface area contributed by atoms with Crippen molar-refractivity contribution in [2.75, 3.05) is 25.4 Å². The first kappa shape index (κ1) is 13.8. The van der Waals surface area contributed by atoms with Gasteiger partial charge in [-0.3, -0.25) is 4.79 Å². The van der Waals surface area contributed by atoms with Gasteiger partial charge in [0.2, 0.25) is 0 Å². The SMILES string of the molecule is C[C@@H](CN1CCCCC1)NC(=O)c1ccc(N)cn1. The molecule has 0 saturated carbocycles. The zero-order valence-corrected chi connectivity index (χ0v) is 11.4. The number of nitrogens with one attached hydrogen (secondary N) is 1. The van der Waals surface area contributed by atoms with Crippen LogP contribution >= 0.6 is 0 Å². The van der Waals surface area contributed by atoms with Crippen LogP contribution in [0.25, 0.3) is 0 Å². The highest BCUT2D eigenvalue weighted by atomic mass is 16.1. The summed E-state index contributed by atoms with van der Waals surface area (Å²) in [6, 6.07) is 3.47. The van der Waals surface area contributed by atoms with Crippen molar-refractivity contribution in [1.29, 1.82) is 0 Å². The van der Waals surface area contributed by atoms with E-state index in [1.165, 1.54) is 25.5 Å². The van der Waals surface area contributed by atoms with Gasteiger partial charge in [-0.1, -0.05) is 6.42 Å².